The van der Waals surface area contributed by atoms with Gasteiger partial charge in [-0.15, -0.1) is 0 Å². The molecule has 0 aliphatic rings. The normalized spacial score (nSPS) is 11.3. The zero-order valence-electron chi connectivity index (χ0n) is 8.96. The molecule has 8 heteroatoms. The van der Waals surface area contributed by atoms with Crippen molar-refractivity contribution in [3.63, 3.8) is 0 Å². The van der Waals surface area contributed by atoms with E-state index in [-0.39, 0.29) is 16.3 Å². The van der Waals surface area contributed by atoms with E-state index in [1.807, 2.05) is 0 Å². The molecular formula is C10H9ClF3NO3. The molecule has 2 N–H and O–H groups in total. The number of anilines is 1. The second kappa shape index (κ2) is 5.92. The van der Waals surface area contributed by atoms with Crippen molar-refractivity contribution in [3.8, 4) is 0 Å². The van der Waals surface area contributed by atoms with Gasteiger partial charge in [0.2, 0.25) is 0 Å². The number of halogens is 4. The molecular weight excluding hydrogens is 275 g/mol. The Morgan fingerprint density at radius 1 is 1.39 bits per heavy atom. The summed E-state index contributed by atoms with van der Waals surface area (Å²) in [7, 11) is 0. The minimum atomic E-state index is -4.47. The number of hydrogen-bond acceptors (Lipinski definition) is 4. The molecule has 0 heterocycles. The topological polar surface area (TPSA) is 61.6 Å². The van der Waals surface area contributed by atoms with Crippen molar-refractivity contribution in [1.29, 1.82) is 0 Å². The van der Waals surface area contributed by atoms with Crippen LogP contribution >= 0.6 is 11.6 Å². The predicted molar refractivity (Wildman–Crippen MR) is 58.2 cm³/mol. The molecule has 0 aliphatic carbocycles. The molecule has 18 heavy (non-hydrogen) atoms. The monoisotopic (exact) mass is 283 g/mol. The van der Waals surface area contributed by atoms with Crippen LogP contribution in [0.25, 0.3) is 0 Å². The SMILES string of the molecule is Nc1ccc(Cl)c(C(=O)OCOCC(F)(F)F)c1. The number of nitrogen functional groups attached to an aromatic ring is 1. The van der Waals surface area contributed by atoms with Gasteiger partial charge >= 0.3 is 12.1 Å². The van der Waals surface area contributed by atoms with Crippen LogP contribution in [-0.4, -0.2) is 25.5 Å². The Balaban J connectivity index is 2.48. The second-order valence-corrected chi connectivity index (χ2v) is 3.66. The van der Waals surface area contributed by atoms with Gasteiger partial charge in [0.1, 0.15) is 6.61 Å². The van der Waals surface area contributed by atoms with Crippen LogP contribution in [0.4, 0.5) is 18.9 Å². The van der Waals surface area contributed by atoms with E-state index in [9.17, 15) is 18.0 Å². The lowest BCUT2D eigenvalue weighted by molar-refractivity contribution is -0.190. The van der Waals surface area contributed by atoms with E-state index >= 15 is 0 Å². The molecule has 0 bridgehead atoms. The van der Waals surface area contributed by atoms with Crippen LogP contribution in [0, 0.1) is 0 Å². The van der Waals surface area contributed by atoms with Gasteiger partial charge in [-0.05, 0) is 18.2 Å². The zero-order valence-corrected chi connectivity index (χ0v) is 9.72. The third-order valence-corrected chi connectivity index (χ3v) is 2.08. The summed E-state index contributed by atoms with van der Waals surface area (Å²) in [4.78, 5) is 11.4. The summed E-state index contributed by atoms with van der Waals surface area (Å²) in [6, 6.07) is 4.11. The average Bonchev–Trinajstić information content (AvgIpc) is 2.26. The highest BCUT2D eigenvalue weighted by Gasteiger charge is 2.27. The van der Waals surface area contributed by atoms with Crippen LogP contribution in [0.3, 0.4) is 0 Å². The van der Waals surface area contributed by atoms with Gasteiger partial charge in [-0.3, -0.25) is 0 Å². The number of ether oxygens (including phenoxy) is 2. The summed E-state index contributed by atoms with van der Waals surface area (Å²) in [6.07, 6.45) is -4.47. The number of carbonyl (C=O) groups excluding carboxylic acids is 1. The van der Waals surface area contributed by atoms with Crippen LogP contribution in [-0.2, 0) is 9.47 Å². The maximum atomic E-state index is 11.7. The number of rotatable bonds is 4. The van der Waals surface area contributed by atoms with Crippen molar-refractivity contribution in [2.45, 2.75) is 6.18 Å². The van der Waals surface area contributed by atoms with Crippen LogP contribution in [0.1, 0.15) is 10.4 Å². The standard InChI is InChI=1S/C10H9ClF3NO3/c11-8-2-1-6(15)3-7(8)9(16)18-5-17-4-10(12,13)14/h1-3H,4-5,15H2. The molecule has 0 unspecified atom stereocenters. The highest BCUT2D eigenvalue weighted by Crippen LogP contribution is 2.20. The highest BCUT2D eigenvalue weighted by molar-refractivity contribution is 6.33. The fourth-order valence-corrected chi connectivity index (χ4v) is 1.22. The van der Waals surface area contributed by atoms with Gasteiger partial charge in [0, 0.05) is 5.69 Å². The number of esters is 1. The fraction of sp³-hybridized carbons (Fsp3) is 0.300. The van der Waals surface area contributed by atoms with E-state index in [0.29, 0.717) is 0 Å². The largest absolute Gasteiger partial charge is 0.435 e. The molecule has 100 valence electrons. The van der Waals surface area contributed by atoms with Gasteiger partial charge in [0.15, 0.2) is 6.79 Å². The maximum Gasteiger partial charge on any atom is 0.411 e. The minimum Gasteiger partial charge on any atom is -0.435 e. The summed E-state index contributed by atoms with van der Waals surface area (Å²) in [6.45, 7) is -2.31. The quantitative estimate of drug-likeness (QED) is 0.399. The number of carbonyl (C=O) groups is 1. The third-order valence-electron chi connectivity index (χ3n) is 1.75. The number of alkyl halides is 3. The van der Waals surface area contributed by atoms with Crippen LogP contribution in [0.2, 0.25) is 5.02 Å². The summed E-state index contributed by atoms with van der Waals surface area (Å²) in [5.74, 6) is -0.908. The summed E-state index contributed by atoms with van der Waals surface area (Å²) in [5, 5.41) is 0.0880. The van der Waals surface area contributed by atoms with E-state index in [1.165, 1.54) is 18.2 Å². The first-order valence-electron chi connectivity index (χ1n) is 4.66. The Labute approximate surface area is 105 Å². The Hall–Kier alpha value is -1.47. The summed E-state index contributed by atoms with van der Waals surface area (Å²) < 4.78 is 43.7. The summed E-state index contributed by atoms with van der Waals surface area (Å²) in [5.41, 5.74) is 5.68. The molecule has 0 saturated heterocycles. The van der Waals surface area contributed by atoms with Crippen molar-refractivity contribution in [2.75, 3.05) is 19.1 Å². The molecule has 0 fully saturated rings. The molecule has 0 atom stereocenters. The lowest BCUT2D eigenvalue weighted by atomic mass is 10.2. The van der Waals surface area contributed by atoms with E-state index in [4.69, 9.17) is 17.3 Å². The van der Waals surface area contributed by atoms with Crippen molar-refractivity contribution in [2.24, 2.45) is 0 Å². The zero-order chi connectivity index (χ0) is 13.8. The van der Waals surface area contributed by atoms with E-state index < -0.39 is 25.5 Å². The number of benzene rings is 1. The maximum absolute atomic E-state index is 11.7. The Morgan fingerprint density at radius 3 is 2.67 bits per heavy atom. The Morgan fingerprint density at radius 2 is 2.06 bits per heavy atom. The van der Waals surface area contributed by atoms with E-state index in [2.05, 4.69) is 9.47 Å². The number of nitrogens with two attached hydrogens (primary N) is 1. The van der Waals surface area contributed by atoms with Gasteiger partial charge in [-0.2, -0.15) is 13.2 Å². The third kappa shape index (κ3) is 4.80. The van der Waals surface area contributed by atoms with Crippen molar-refractivity contribution in [3.05, 3.63) is 28.8 Å². The molecule has 0 aliphatic heterocycles. The molecule has 0 aromatic heterocycles. The summed E-state index contributed by atoms with van der Waals surface area (Å²) >= 11 is 5.70. The predicted octanol–water partition coefficient (Wildman–Crippen LogP) is 2.62. The fourth-order valence-electron chi connectivity index (χ4n) is 1.03. The van der Waals surface area contributed by atoms with Crippen molar-refractivity contribution in [1.82, 2.24) is 0 Å². The van der Waals surface area contributed by atoms with Gasteiger partial charge in [0.05, 0.1) is 10.6 Å². The molecule has 0 spiro atoms. The van der Waals surface area contributed by atoms with Crippen molar-refractivity contribution >= 4 is 23.3 Å². The molecule has 0 saturated carbocycles. The van der Waals surface area contributed by atoms with Gasteiger partial charge in [0.25, 0.3) is 0 Å². The van der Waals surface area contributed by atoms with E-state index in [0.717, 1.165) is 0 Å². The molecule has 1 rings (SSSR count). The first-order chi connectivity index (χ1) is 8.29. The average molecular weight is 284 g/mol. The van der Waals surface area contributed by atoms with Crippen molar-refractivity contribution < 1.29 is 27.4 Å². The molecule has 1 aromatic rings. The lowest BCUT2D eigenvalue weighted by Gasteiger charge is -2.09. The Bertz CT molecular complexity index is 437. The first-order valence-corrected chi connectivity index (χ1v) is 5.04. The van der Waals surface area contributed by atoms with Gasteiger partial charge < -0.3 is 15.2 Å². The Kier molecular flexibility index (Phi) is 4.80. The minimum absolute atomic E-state index is 0.0349. The van der Waals surface area contributed by atoms with Gasteiger partial charge in [-0.1, -0.05) is 11.6 Å². The molecule has 1 aromatic carbocycles. The van der Waals surface area contributed by atoms with Crippen LogP contribution in [0.5, 0.6) is 0 Å². The lowest BCUT2D eigenvalue weighted by Crippen LogP contribution is -2.19. The molecule has 0 amide bonds. The van der Waals surface area contributed by atoms with Crippen LogP contribution in [0.15, 0.2) is 18.2 Å². The van der Waals surface area contributed by atoms with E-state index in [1.54, 1.807) is 0 Å². The first kappa shape index (κ1) is 14.6. The highest BCUT2D eigenvalue weighted by atomic mass is 35.5. The second-order valence-electron chi connectivity index (χ2n) is 3.25. The molecule has 4 nitrogen and oxygen atoms in total. The smallest absolute Gasteiger partial charge is 0.411 e. The molecule has 0 radical (unpaired) electrons. The van der Waals surface area contributed by atoms with Gasteiger partial charge in [-0.25, -0.2) is 4.79 Å². The van der Waals surface area contributed by atoms with Crippen LogP contribution < -0.4 is 5.73 Å². The number of hydrogen-bond donors (Lipinski definition) is 1.